The molecule has 0 unspecified atom stereocenters. The van der Waals surface area contributed by atoms with Crippen LogP contribution in [0, 0.1) is 0 Å². The van der Waals surface area contributed by atoms with Crippen molar-refractivity contribution in [3.8, 4) is 16.9 Å². The average molecular weight is 650 g/mol. The smallest absolute Gasteiger partial charge is 0.379 e. The van der Waals surface area contributed by atoms with E-state index in [-0.39, 0.29) is 11.5 Å². The number of rotatable bonds is 7. The molecule has 0 saturated carbocycles. The van der Waals surface area contributed by atoms with E-state index in [1.165, 1.54) is 18.5 Å². The summed E-state index contributed by atoms with van der Waals surface area (Å²) in [7, 11) is 3.94. The highest BCUT2D eigenvalue weighted by atomic mass is 79.9. The predicted octanol–water partition coefficient (Wildman–Crippen LogP) is 7.00. The molecule has 5 rings (SSSR count). The van der Waals surface area contributed by atoms with Crippen molar-refractivity contribution in [2.45, 2.75) is 0 Å². The number of fused-ring (bicyclic) bond motifs is 1. The summed E-state index contributed by atoms with van der Waals surface area (Å²) in [5.41, 5.74) is 6.95. The normalized spacial score (nSPS) is 11.2. The van der Waals surface area contributed by atoms with E-state index in [9.17, 15) is 9.59 Å². The Hall–Kier alpha value is -4.15. The van der Waals surface area contributed by atoms with Crippen molar-refractivity contribution in [3.05, 3.63) is 105 Å². The van der Waals surface area contributed by atoms with Crippen LogP contribution in [-0.2, 0) is 0 Å². The molecule has 0 aliphatic carbocycles. The first-order valence-corrected chi connectivity index (χ1v) is 13.4. The molecule has 0 saturated heterocycles. The number of hydrogen-bond donors (Lipinski definition) is 2. The van der Waals surface area contributed by atoms with Gasteiger partial charge in [0, 0.05) is 46.3 Å². The minimum absolute atomic E-state index is 0.0608. The Bertz CT molecular complexity index is 1690. The second-order valence-electron chi connectivity index (χ2n) is 8.74. The molecule has 2 aromatic heterocycles. The van der Waals surface area contributed by atoms with E-state index in [1.807, 2.05) is 67.5 Å². The number of halogens is 2. The topological polar surface area (TPSA) is 99.9 Å². The van der Waals surface area contributed by atoms with Gasteiger partial charge in [-0.3, -0.25) is 4.79 Å². The van der Waals surface area contributed by atoms with Crippen molar-refractivity contribution >= 4 is 66.5 Å². The summed E-state index contributed by atoms with van der Waals surface area (Å²) in [4.78, 5) is 31.1. The number of hydrazone groups is 1. The number of nitrogens with one attached hydrogen (secondary N) is 2. The number of esters is 1. The molecule has 3 aromatic carbocycles. The first-order valence-electron chi connectivity index (χ1n) is 11.8. The second kappa shape index (κ2) is 11.3. The second-order valence-corrected chi connectivity index (χ2v) is 10.5. The van der Waals surface area contributed by atoms with Crippen LogP contribution in [0.2, 0.25) is 0 Å². The molecule has 0 aliphatic rings. The summed E-state index contributed by atoms with van der Waals surface area (Å²) in [6.45, 7) is 0. The van der Waals surface area contributed by atoms with E-state index in [0.717, 1.165) is 32.2 Å². The van der Waals surface area contributed by atoms with E-state index in [1.54, 1.807) is 18.2 Å². The van der Waals surface area contributed by atoms with Gasteiger partial charge in [0.15, 0.2) is 5.75 Å². The predicted molar refractivity (Wildman–Crippen MR) is 159 cm³/mol. The number of amides is 1. The lowest BCUT2D eigenvalue weighted by Gasteiger charge is -2.12. The number of nitrogens with zero attached hydrogens (tertiary/aromatic N) is 2. The Morgan fingerprint density at radius 3 is 2.54 bits per heavy atom. The molecule has 39 heavy (non-hydrogen) atoms. The van der Waals surface area contributed by atoms with Gasteiger partial charge in [0.1, 0.15) is 5.69 Å². The van der Waals surface area contributed by atoms with Crippen LogP contribution in [0.4, 0.5) is 5.69 Å². The minimum atomic E-state index is -0.663. The fourth-order valence-electron chi connectivity index (χ4n) is 4.07. The summed E-state index contributed by atoms with van der Waals surface area (Å²) in [5, 5.41) is 5.09. The molecule has 196 valence electrons. The van der Waals surface area contributed by atoms with Gasteiger partial charge < -0.3 is 19.0 Å². The van der Waals surface area contributed by atoms with Crippen molar-refractivity contribution < 1.29 is 18.7 Å². The molecular formula is C29H22Br2N4O4. The van der Waals surface area contributed by atoms with Gasteiger partial charge in [0.05, 0.1) is 17.0 Å². The fourth-order valence-corrected chi connectivity index (χ4v) is 5.41. The lowest BCUT2D eigenvalue weighted by molar-refractivity contribution is 0.0699. The largest absolute Gasteiger partial charge is 0.457 e. The maximum atomic E-state index is 13.4. The van der Waals surface area contributed by atoms with Crippen molar-refractivity contribution in [1.29, 1.82) is 0 Å². The molecule has 1 amide bonds. The summed E-state index contributed by atoms with van der Waals surface area (Å²) in [5.74, 6) is -0.796. The molecule has 5 aromatic rings. The van der Waals surface area contributed by atoms with Crippen LogP contribution in [0.5, 0.6) is 5.75 Å². The van der Waals surface area contributed by atoms with Gasteiger partial charge in [-0.15, -0.1) is 0 Å². The number of anilines is 1. The molecule has 0 radical (unpaired) electrons. The van der Waals surface area contributed by atoms with Crippen LogP contribution in [0.3, 0.4) is 0 Å². The maximum Gasteiger partial charge on any atom is 0.379 e. The van der Waals surface area contributed by atoms with Crippen LogP contribution in [0.15, 0.2) is 97.5 Å². The lowest BCUT2D eigenvalue weighted by Crippen LogP contribution is -2.19. The molecule has 0 spiro atoms. The molecule has 0 fully saturated rings. The lowest BCUT2D eigenvalue weighted by atomic mass is 10.0. The summed E-state index contributed by atoms with van der Waals surface area (Å²) < 4.78 is 11.9. The number of H-pyrrole nitrogens is 1. The Kier molecular flexibility index (Phi) is 7.67. The SMILES string of the molecule is CN(C)c1ccc2[nH]c(C(=O)NN=Cc3cc(Br)cc(Br)c3OC(=O)c3ccco3)c(-c3ccccc3)c2c1. The van der Waals surface area contributed by atoms with E-state index < -0.39 is 11.9 Å². The highest BCUT2D eigenvalue weighted by molar-refractivity contribution is 9.11. The molecule has 10 heteroatoms. The van der Waals surface area contributed by atoms with E-state index in [0.29, 0.717) is 15.7 Å². The van der Waals surface area contributed by atoms with E-state index >= 15 is 0 Å². The molecular weight excluding hydrogens is 628 g/mol. The Morgan fingerprint density at radius 2 is 1.82 bits per heavy atom. The minimum Gasteiger partial charge on any atom is -0.457 e. The number of carbonyl (C=O) groups excluding carboxylic acids is 2. The Balaban J connectivity index is 1.46. The standard InChI is InChI=1S/C29H22Br2N4O4/c1-35(2)20-10-11-23-21(15-20)25(17-7-4-3-5-8-17)26(33-23)28(36)34-32-16-18-13-19(30)14-22(31)27(18)39-29(37)24-9-6-12-38-24/h3-16,33H,1-2H3,(H,34,36). The molecule has 0 atom stereocenters. The van der Waals surface area contributed by atoms with E-state index in [4.69, 9.17) is 9.15 Å². The molecule has 8 nitrogen and oxygen atoms in total. The molecule has 0 aliphatic heterocycles. The quantitative estimate of drug-likeness (QED) is 0.0856. The van der Waals surface area contributed by atoms with Gasteiger partial charge in [-0.25, -0.2) is 10.2 Å². The third-order valence-electron chi connectivity index (χ3n) is 5.91. The van der Waals surface area contributed by atoms with Gasteiger partial charge in [-0.1, -0.05) is 46.3 Å². The maximum absolute atomic E-state index is 13.4. The third kappa shape index (κ3) is 5.67. The Labute approximate surface area is 240 Å². The van der Waals surface area contributed by atoms with Gasteiger partial charge in [-0.05, 0) is 64.0 Å². The van der Waals surface area contributed by atoms with Crippen LogP contribution in [0.1, 0.15) is 26.6 Å². The van der Waals surface area contributed by atoms with E-state index in [2.05, 4.69) is 47.4 Å². The monoisotopic (exact) mass is 648 g/mol. The summed E-state index contributed by atoms with van der Waals surface area (Å²) in [6.07, 6.45) is 2.80. The number of furan rings is 1. The average Bonchev–Trinajstić information content (AvgIpc) is 3.59. The number of hydrogen-bond acceptors (Lipinski definition) is 6. The van der Waals surface area contributed by atoms with Crippen molar-refractivity contribution in [2.24, 2.45) is 5.10 Å². The first kappa shape index (κ1) is 26.5. The fraction of sp³-hybridized carbons (Fsp3) is 0.0690. The van der Waals surface area contributed by atoms with Gasteiger partial charge in [0.2, 0.25) is 5.76 Å². The molecule has 2 heterocycles. The third-order valence-corrected chi connectivity index (χ3v) is 6.96. The number of carbonyl (C=O) groups is 2. The zero-order chi connectivity index (χ0) is 27.5. The number of aromatic amines is 1. The van der Waals surface area contributed by atoms with Gasteiger partial charge in [-0.2, -0.15) is 5.10 Å². The Morgan fingerprint density at radius 1 is 1.03 bits per heavy atom. The van der Waals surface area contributed by atoms with Crippen molar-refractivity contribution in [2.75, 3.05) is 19.0 Å². The molecule has 2 N–H and O–H groups in total. The number of ether oxygens (including phenoxy) is 1. The van der Waals surface area contributed by atoms with Crippen LogP contribution >= 0.6 is 31.9 Å². The summed E-state index contributed by atoms with van der Waals surface area (Å²) in [6, 6.07) is 22.3. The van der Waals surface area contributed by atoms with Crippen LogP contribution in [-0.4, -0.2) is 37.2 Å². The van der Waals surface area contributed by atoms with Gasteiger partial charge in [0.25, 0.3) is 5.91 Å². The summed E-state index contributed by atoms with van der Waals surface area (Å²) >= 11 is 6.86. The molecule has 0 bridgehead atoms. The zero-order valence-electron chi connectivity index (χ0n) is 20.9. The number of benzene rings is 3. The highest BCUT2D eigenvalue weighted by Crippen LogP contribution is 2.35. The van der Waals surface area contributed by atoms with Gasteiger partial charge >= 0.3 is 5.97 Å². The van der Waals surface area contributed by atoms with Crippen LogP contribution in [0.25, 0.3) is 22.0 Å². The first-order chi connectivity index (χ1) is 18.8. The highest BCUT2D eigenvalue weighted by Gasteiger charge is 2.20. The zero-order valence-corrected chi connectivity index (χ0v) is 24.0. The number of aromatic nitrogens is 1. The van der Waals surface area contributed by atoms with Crippen LogP contribution < -0.4 is 15.1 Å². The van der Waals surface area contributed by atoms with Crippen molar-refractivity contribution in [1.82, 2.24) is 10.4 Å². The van der Waals surface area contributed by atoms with Crippen molar-refractivity contribution in [3.63, 3.8) is 0 Å².